The zero-order chi connectivity index (χ0) is 21.1. The molecule has 0 saturated heterocycles. The standard InChI is InChI=1S/C9H17NO2.C8H14O.C3H8O.C2H6.H2/c10-9(11)6-7-12-8-4-2-1-3-5-8;1-7(9)8-5-3-2-4-6-8;1-3(2)4;1-2;/h8H,1-7H2,(H2,10,11);8H,2-6H2,1H3;3-4H,1-2H3;1-2H3;1H. The molecule has 5 heteroatoms. The Morgan fingerprint density at radius 3 is 1.74 bits per heavy atom. The van der Waals surface area contributed by atoms with E-state index >= 15 is 0 Å². The molecule has 2 aliphatic rings. The lowest BCUT2D eigenvalue weighted by Crippen LogP contribution is -2.20. The number of aliphatic hydroxyl groups is 1. The zero-order valence-corrected chi connectivity index (χ0v) is 18.5. The zero-order valence-electron chi connectivity index (χ0n) is 18.5. The van der Waals surface area contributed by atoms with E-state index < -0.39 is 0 Å². The fourth-order valence-electron chi connectivity index (χ4n) is 3.07. The predicted molar refractivity (Wildman–Crippen MR) is 115 cm³/mol. The largest absolute Gasteiger partial charge is 0.394 e. The summed E-state index contributed by atoms with van der Waals surface area (Å²) in [6.07, 6.45) is 12.9. The van der Waals surface area contributed by atoms with Crippen molar-refractivity contribution in [2.75, 3.05) is 6.61 Å². The molecule has 2 rings (SSSR count). The topological polar surface area (TPSA) is 89.6 Å². The lowest BCUT2D eigenvalue weighted by molar-refractivity contribution is -0.121. The van der Waals surface area contributed by atoms with Crippen molar-refractivity contribution in [3.8, 4) is 0 Å². The maximum Gasteiger partial charge on any atom is 0.219 e. The van der Waals surface area contributed by atoms with E-state index in [-0.39, 0.29) is 13.4 Å². The molecule has 1 amide bonds. The van der Waals surface area contributed by atoms with Crippen molar-refractivity contribution in [1.29, 1.82) is 0 Å². The minimum atomic E-state index is -0.272. The summed E-state index contributed by atoms with van der Waals surface area (Å²) in [7, 11) is 0. The molecule has 0 radical (unpaired) electrons. The Morgan fingerprint density at radius 1 is 1.00 bits per heavy atom. The monoisotopic (exact) mass is 389 g/mol. The molecule has 164 valence electrons. The van der Waals surface area contributed by atoms with Gasteiger partial charge in [-0.05, 0) is 46.5 Å². The van der Waals surface area contributed by atoms with E-state index in [1.165, 1.54) is 38.5 Å². The van der Waals surface area contributed by atoms with Gasteiger partial charge in [-0.3, -0.25) is 9.59 Å². The number of rotatable bonds is 5. The normalized spacial score (nSPS) is 17.4. The van der Waals surface area contributed by atoms with Crippen molar-refractivity contribution in [2.45, 2.75) is 117 Å². The number of Topliss-reactive ketones (excluding diaryl/α,β-unsaturated/α-hetero) is 1. The molecule has 5 nitrogen and oxygen atoms in total. The highest BCUT2D eigenvalue weighted by Gasteiger charge is 2.16. The highest BCUT2D eigenvalue weighted by molar-refractivity contribution is 5.78. The van der Waals surface area contributed by atoms with E-state index in [1.54, 1.807) is 20.8 Å². The van der Waals surface area contributed by atoms with E-state index in [4.69, 9.17) is 15.6 Å². The summed E-state index contributed by atoms with van der Waals surface area (Å²) in [5.74, 6) is 0.541. The number of carbonyl (C=O) groups is 2. The first-order valence-electron chi connectivity index (χ1n) is 10.9. The van der Waals surface area contributed by atoms with Crippen molar-refractivity contribution in [3.05, 3.63) is 0 Å². The van der Waals surface area contributed by atoms with Crippen molar-refractivity contribution in [1.82, 2.24) is 0 Å². The number of primary amides is 1. The lowest BCUT2D eigenvalue weighted by atomic mass is 9.87. The number of ether oxygens (including phenoxy) is 1. The third-order valence-electron chi connectivity index (χ3n) is 4.43. The number of aliphatic hydroxyl groups excluding tert-OH is 1. The quantitative estimate of drug-likeness (QED) is 0.690. The van der Waals surface area contributed by atoms with Gasteiger partial charge >= 0.3 is 0 Å². The minimum Gasteiger partial charge on any atom is -0.394 e. The van der Waals surface area contributed by atoms with Gasteiger partial charge in [-0.15, -0.1) is 0 Å². The number of amides is 1. The SMILES string of the molecule is CC.CC(=O)C1CCCCC1.CC(C)O.NC(=O)CCOC1CCCCC1.[HH]. The van der Waals surface area contributed by atoms with Crippen LogP contribution in [-0.2, 0) is 14.3 Å². The molecule has 0 spiro atoms. The molecule has 0 aliphatic heterocycles. The molecule has 3 N–H and O–H groups in total. The molecule has 0 heterocycles. The molecule has 0 aromatic rings. The lowest BCUT2D eigenvalue weighted by Gasteiger charge is -2.21. The fraction of sp³-hybridized carbons (Fsp3) is 0.909. The Kier molecular flexibility index (Phi) is 20.7. The van der Waals surface area contributed by atoms with E-state index in [1.807, 2.05) is 13.8 Å². The first kappa shape index (κ1) is 28.3. The highest BCUT2D eigenvalue weighted by atomic mass is 16.5. The van der Waals surface area contributed by atoms with Crippen LogP contribution in [0, 0.1) is 5.92 Å². The molecule has 0 atom stereocenters. The number of hydrogen-bond acceptors (Lipinski definition) is 4. The second kappa shape index (κ2) is 19.8. The third-order valence-corrected chi connectivity index (χ3v) is 4.43. The van der Waals surface area contributed by atoms with Gasteiger partial charge in [0.1, 0.15) is 5.78 Å². The molecule has 2 fully saturated rings. The average molecular weight is 390 g/mol. The van der Waals surface area contributed by atoms with Gasteiger partial charge in [0, 0.05) is 19.9 Å². The Hall–Kier alpha value is -0.940. The number of nitrogens with two attached hydrogens (primary N) is 1. The van der Waals surface area contributed by atoms with Crippen LogP contribution in [0.15, 0.2) is 0 Å². The number of hydrogen-bond donors (Lipinski definition) is 2. The fourth-order valence-corrected chi connectivity index (χ4v) is 3.07. The molecular formula is C22H47NO4. The van der Waals surface area contributed by atoms with Crippen molar-refractivity contribution in [2.24, 2.45) is 11.7 Å². The Morgan fingerprint density at radius 2 is 1.41 bits per heavy atom. The van der Waals surface area contributed by atoms with Gasteiger partial charge in [0.25, 0.3) is 0 Å². The summed E-state index contributed by atoms with van der Waals surface area (Å²) < 4.78 is 5.49. The van der Waals surface area contributed by atoms with E-state index in [0.717, 1.165) is 25.7 Å². The van der Waals surface area contributed by atoms with Crippen LogP contribution in [0.4, 0.5) is 0 Å². The van der Waals surface area contributed by atoms with Crippen LogP contribution in [0.5, 0.6) is 0 Å². The maximum atomic E-state index is 10.8. The first-order chi connectivity index (χ1) is 12.8. The first-order valence-corrected chi connectivity index (χ1v) is 10.9. The van der Waals surface area contributed by atoms with Crippen LogP contribution < -0.4 is 5.73 Å². The summed E-state index contributed by atoms with van der Waals surface area (Å²) in [5, 5.41) is 8.06. The Balaban J connectivity index is -0.000000347. The van der Waals surface area contributed by atoms with Gasteiger partial charge in [-0.1, -0.05) is 52.4 Å². The summed E-state index contributed by atoms with van der Waals surface area (Å²) in [5.41, 5.74) is 4.99. The molecule has 2 aliphatic carbocycles. The van der Waals surface area contributed by atoms with Gasteiger partial charge in [0.2, 0.25) is 5.91 Å². The van der Waals surface area contributed by atoms with Gasteiger partial charge < -0.3 is 15.6 Å². The highest BCUT2D eigenvalue weighted by Crippen LogP contribution is 2.23. The maximum absolute atomic E-state index is 10.8. The van der Waals surface area contributed by atoms with Crippen molar-refractivity contribution >= 4 is 11.7 Å². The van der Waals surface area contributed by atoms with Crippen LogP contribution in [0.1, 0.15) is 107 Å². The molecule has 0 unspecified atom stereocenters. The van der Waals surface area contributed by atoms with Crippen LogP contribution in [0.3, 0.4) is 0 Å². The second-order valence-corrected chi connectivity index (χ2v) is 7.39. The molecule has 27 heavy (non-hydrogen) atoms. The summed E-state index contributed by atoms with van der Waals surface area (Å²) in [6.45, 7) is 9.66. The van der Waals surface area contributed by atoms with E-state index in [2.05, 4.69) is 0 Å². The molecule has 0 bridgehead atoms. The van der Waals surface area contributed by atoms with Crippen LogP contribution in [0.25, 0.3) is 0 Å². The molecule has 0 aromatic carbocycles. The third kappa shape index (κ3) is 21.2. The molecule has 2 saturated carbocycles. The van der Waals surface area contributed by atoms with E-state index in [9.17, 15) is 9.59 Å². The average Bonchev–Trinajstić information content (AvgIpc) is 2.65. The van der Waals surface area contributed by atoms with Gasteiger partial charge in [-0.25, -0.2) is 0 Å². The van der Waals surface area contributed by atoms with E-state index in [0.29, 0.717) is 30.8 Å². The van der Waals surface area contributed by atoms with Crippen molar-refractivity contribution in [3.63, 3.8) is 0 Å². The van der Waals surface area contributed by atoms with Crippen LogP contribution in [0.2, 0.25) is 0 Å². The number of carbonyl (C=O) groups excluding carboxylic acids is 2. The molecular weight excluding hydrogens is 342 g/mol. The van der Waals surface area contributed by atoms with Crippen LogP contribution in [-0.4, -0.2) is 35.6 Å². The summed E-state index contributed by atoms with van der Waals surface area (Å²) >= 11 is 0. The van der Waals surface area contributed by atoms with Gasteiger partial charge in [0.15, 0.2) is 0 Å². The van der Waals surface area contributed by atoms with Gasteiger partial charge in [-0.2, -0.15) is 0 Å². The number of ketones is 1. The molecule has 0 aromatic heterocycles. The minimum absolute atomic E-state index is 0. The summed E-state index contributed by atoms with van der Waals surface area (Å²) in [6, 6.07) is 0. The van der Waals surface area contributed by atoms with Crippen LogP contribution >= 0.6 is 0 Å². The van der Waals surface area contributed by atoms with Gasteiger partial charge in [0.05, 0.1) is 12.7 Å². The second-order valence-electron chi connectivity index (χ2n) is 7.39. The van der Waals surface area contributed by atoms with Crippen molar-refractivity contribution < 1.29 is 20.9 Å². The Labute approximate surface area is 168 Å². The smallest absolute Gasteiger partial charge is 0.219 e. The predicted octanol–water partition coefficient (Wildman–Crippen LogP) is 5.03. The Bertz CT molecular complexity index is 350. The summed E-state index contributed by atoms with van der Waals surface area (Å²) in [4.78, 5) is 21.2.